The van der Waals surface area contributed by atoms with Crippen molar-refractivity contribution in [2.24, 2.45) is 0 Å². The van der Waals surface area contributed by atoms with Gasteiger partial charge in [0.2, 0.25) is 5.91 Å². The summed E-state index contributed by atoms with van der Waals surface area (Å²) in [5.74, 6) is 0.118. The summed E-state index contributed by atoms with van der Waals surface area (Å²) in [7, 11) is 3.93. The molecule has 0 aliphatic rings. The maximum Gasteiger partial charge on any atom is 0.222 e. The number of amides is 1. The molecular formula is C19H23N5O2. The van der Waals surface area contributed by atoms with E-state index in [0.717, 1.165) is 23.1 Å². The number of likely N-dealkylation sites (N-methyl/N-ethyl adjacent to an activating group) is 1. The molecule has 0 fully saturated rings. The zero-order valence-electron chi connectivity index (χ0n) is 15.0. The number of hydrogen-bond acceptors (Lipinski definition) is 5. The Bertz CT molecular complexity index is 840. The fourth-order valence-corrected chi connectivity index (χ4v) is 2.71. The van der Waals surface area contributed by atoms with Crippen LogP contribution in [0.25, 0.3) is 11.0 Å². The summed E-state index contributed by atoms with van der Waals surface area (Å²) >= 11 is 0. The Balaban J connectivity index is 1.84. The fourth-order valence-electron chi connectivity index (χ4n) is 2.71. The van der Waals surface area contributed by atoms with Gasteiger partial charge in [-0.25, -0.2) is 0 Å². The van der Waals surface area contributed by atoms with E-state index >= 15 is 0 Å². The van der Waals surface area contributed by atoms with Gasteiger partial charge in [-0.05, 0) is 43.9 Å². The Kier molecular flexibility index (Phi) is 5.48. The van der Waals surface area contributed by atoms with Gasteiger partial charge in [0, 0.05) is 13.1 Å². The largest absolute Gasteiger partial charge is 0.508 e. The SMILES string of the molecule is CN(C)CCNC(=O)CC(c1ccc(O)cc1)n1nc2ccccc2n1. The molecular weight excluding hydrogens is 330 g/mol. The van der Waals surface area contributed by atoms with Gasteiger partial charge >= 0.3 is 0 Å². The predicted octanol–water partition coefficient (Wildman–Crippen LogP) is 1.79. The van der Waals surface area contributed by atoms with Gasteiger partial charge in [0.05, 0.1) is 6.42 Å². The second-order valence-electron chi connectivity index (χ2n) is 6.47. The average Bonchev–Trinajstić information content (AvgIpc) is 3.04. The summed E-state index contributed by atoms with van der Waals surface area (Å²) in [5, 5.41) is 21.5. The van der Waals surface area contributed by atoms with Crippen molar-refractivity contribution in [3.05, 3.63) is 54.1 Å². The maximum atomic E-state index is 12.4. The molecule has 7 nitrogen and oxygen atoms in total. The minimum Gasteiger partial charge on any atom is -0.508 e. The molecule has 0 aliphatic carbocycles. The quantitative estimate of drug-likeness (QED) is 0.677. The van der Waals surface area contributed by atoms with E-state index < -0.39 is 0 Å². The van der Waals surface area contributed by atoms with Crippen LogP contribution in [-0.4, -0.2) is 58.1 Å². The van der Waals surface area contributed by atoms with Gasteiger partial charge in [-0.2, -0.15) is 15.0 Å². The van der Waals surface area contributed by atoms with E-state index in [1.807, 2.05) is 43.3 Å². The lowest BCUT2D eigenvalue weighted by Crippen LogP contribution is -2.33. The Hall–Kier alpha value is -2.93. The first-order valence-electron chi connectivity index (χ1n) is 8.55. The lowest BCUT2D eigenvalue weighted by Gasteiger charge is -2.17. The molecule has 1 amide bonds. The summed E-state index contributed by atoms with van der Waals surface area (Å²) < 4.78 is 0. The summed E-state index contributed by atoms with van der Waals surface area (Å²) in [6, 6.07) is 14.1. The van der Waals surface area contributed by atoms with Crippen LogP contribution in [0.3, 0.4) is 0 Å². The van der Waals surface area contributed by atoms with Crippen molar-refractivity contribution in [3.63, 3.8) is 0 Å². The van der Waals surface area contributed by atoms with E-state index in [-0.39, 0.29) is 24.1 Å². The Morgan fingerprint density at radius 3 is 2.31 bits per heavy atom. The van der Waals surface area contributed by atoms with Crippen LogP contribution < -0.4 is 5.32 Å². The number of nitrogens with one attached hydrogen (secondary N) is 1. The summed E-state index contributed by atoms with van der Waals surface area (Å²) in [5.41, 5.74) is 2.43. The minimum atomic E-state index is -0.345. The number of benzene rings is 2. The first-order chi connectivity index (χ1) is 12.5. The van der Waals surface area contributed by atoms with Gasteiger partial charge in [-0.15, -0.1) is 0 Å². The van der Waals surface area contributed by atoms with Crippen molar-refractivity contribution in [2.75, 3.05) is 27.2 Å². The van der Waals surface area contributed by atoms with Crippen LogP contribution in [-0.2, 0) is 4.79 Å². The molecule has 2 aromatic carbocycles. The molecule has 2 N–H and O–H groups in total. The van der Waals surface area contributed by atoms with Crippen LogP contribution in [0.15, 0.2) is 48.5 Å². The number of aromatic nitrogens is 3. The van der Waals surface area contributed by atoms with Gasteiger partial charge in [0.1, 0.15) is 22.8 Å². The first-order valence-corrected chi connectivity index (χ1v) is 8.55. The summed E-state index contributed by atoms with van der Waals surface area (Å²) in [6.45, 7) is 1.36. The van der Waals surface area contributed by atoms with Crippen molar-refractivity contribution < 1.29 is 9.90 Å². The van der Waals surface area contributed by atoms with Gasteiger partial charge < -0.3 is 15.3 Å². The molecule has 0 saturated heterocycles. The van der Waals surface area contributed by atoms with Crippen LogP contribution in [0, 0.1) is 0 Å². The number of hydrogen-bond donors (Lipinski definition) is 2. The molecule has 3 aromatic rings. The average molecular weight is 353 g/mol. The van der Waals surface area contributed by atoms with E-state index in [2.05, 4.69) is 15.5 Å². The van der Waals surface area contributed by atoms with Crippen LogP contribution >= 0.6 is 0 Å². The Morgan fingerprint density at radius 1 is 1.12 bits per heavy atom. The van der Waals surface area contributed by atoms with Gasteiger partial charge in [0.15, 0.2) is 0 Å². The van der Waals surface area contributed by atoms with Crippen molar-refractivity contribution in [1.82, 2.24) is 25.2 Å². The zero-order valence-corrected chi connectivity index (χ0v) is 15.0. The molecule has 7 heteroatoms. The number of nitrogens with zero attached hydrogens (tertiary/aromatic N) is 4. The van der Waals surface area contributed by atoms with Crippen molar-refractivity contribution in [2.45, 2.75) is 12.5 Å². The number of fused-ring (bicyclic) bond motifs is 1. The van der Waals surface area contributed by atoms with Crippen molar-refractivity contribution in [1.29, 1.82) is 0 Å². The van der Waals surface area contributed by atoms with Crippen LogP contribution in [0.5, 0.6) is 5.75 Å². The van der Waals surface area contributed by atoms with Crippen LogP contribution in [0.1, 0.15) is 18.0 Å². The van der Waals surface area contributed by atoms with E-state index in [1.165, 1.54) is 0 Å². The highest BCUT2D eigenvalue weighted by molar-refractivity contribution is 5.77. The summed E-state index contributed by atoms with van der Waals surface area (Å²) in [6.07, 6.45) is 0.221. The number of aromatic hydroxyl groups is 1. The third kappa shape index (κ3) is 4.37. The van der Waals surface area contributed by atoms with E-state index in [9.17, 15) is 9.90 Å². The third-order valence-corrected chi connectivity index (χ3v) is 4.12. The fraction of sp³-hybridized carbons (Fsp3) is 0.316. The van der Waals surface area contributed by atoms with Crippen LogP contribution in [0.2, 0.25) is 0 Å². The number of rotatable bonds is 7. The molecule has 0 bridgehead atoms. The van der Waals surface area contributed by atoms with E-state index in [1.54, 1.807) is 29.1 Å². The Labute approximate surface area is 152 Å². The van der Waals surface area contributed by atoms with Crippen LogP contribution in [0.4, 0.5) is 0 Å². The number of phenolic OH excluding ortho intramolecular Hbond substituents is 1. The normalized spacial score (nSPS) is 12.4. The molecule has 0 aliphatic heterocycles. The van der Waals surface area contributed by atoms with Crippen molar-refractivity contribution >= 4 is 16.9 Å². The van der Waals surface area contributed by atoms with Gasteiger partial charge in [0.25, 0.3) is 0 Å². The molecule has 1 aromatic heterocycles. The molecule has 1 atom stereocenters. The highest BCUT2D eigenvalue weighted by atomic mass is 16.3. The molecule has 0 spiro atoms. The number of phenols is 1. The monoisotopic (exact) mass is 353 g/mol. The molecule has 3 rings (SSSR count). The molecule has 1 unspecified atom stereocenters. The van der Waals surface area contributed by atoms with Gasteiger partial charge in [-0.1, -0.05) is 24.3 Å². The lowest BCUT2D eigenvalue weighted by molar-refractivity contribution is -0.121. The van der Waals surface area contributed by atoms with Gasteiger partial charge in [-0.3, -0.25) is 4.79 Å². The highest BCUT2D eigenvalue weighted by Gasteiger charge is 2.21. The van der Waals surface area contributed by atoms with E-state index in [0.29, 0.717) is 6.54 Å². The Morgan fingerprint density at radius 2 is 1.73 bits per heavy atom. The standard InChI is InChI=1S/C19H23N5O2/c1-23(2)12-11-20-19(26)13-18(14-7-9-15(25)10-8-14)24-21-16-5-3-4-6-17(16)22-24/h3-10,18,25H,11-13H2,1-2H3,(H,20,26). The molecule has 0 saturated carbocycles. The molecule has 136 valence electrons. The predicted molar refractivity (Wildman–Crippen MR) is 100.0 cm³/mol. The number of carbonyl (C=O) groups is 1. The topological polar surface area (TPSA) is 83.3 Å². The second kappa shape index (κ2) is 7.97. The molecule has 26 heavy (non-hydrogen) atoms. The maximum absolute atomic E-state index is 12.4. The number of carbonyl (C=O) groups excluding carboxylic acids is 1. The smallest absolute Gasteiger partial charge is 0.222 e. The summed E-state index contributed by atoms with van der Waals surface area (Å²) in [4.78, 5) is 16.0. The molecule has 1 heterocycles. The van der Waals surface area contributed by atoms with Crippen molar-refractivity contribution in [3.8, 4) is 5.75 Å². The second-order valence-corrected chi connectivity index (χ2v) is 6.47. The highest BCUT2D eigenvalue weighted by Crippen LogP contribution is 2.24. The molecule has 0 radical (unpaired) electrons. The lowest BCUT2D eigenvalue weighted by atomic mass is 10.0. The van der Waals surface area contributed by atoms with E-state index in [4.69, 9.17) is 0 Å². The minimum absolute atomic E-state index is 0.0636. The first kappa shape index (κ1) is 17.9. The zero-order chi connectivity index (χ0) is 18.5. The third-order valence-electron chi connectivity index (χ3n) is 4.12.